The summed E-state index contributed by atoms with van der Waals surface area (Å²) in [7, 11) is 0. The molecule has 1 fully saturated rings. The minimum absolute atomic E-state index is 0.0621. The molecule has 0 heterocycles. The molecule has 5 N–H and O–H groups in total. The average Bonchev–Trinajstić information content (AvgIpc) is 2.65. The van der Waals surface area contributed by atoms with E-state index in [0.717, 1.165) is 0 Å². The highest BCUT2D eigenvalue weighted by molar-refractivity contribution is 6.31. The van der Waals surface area contributed by atoms with Crippen molar-refractivity contribution >= 4 is 36.1 Å². The van der Waals surface area contributed by atoms with Crippen molar-refractivity contribution in [1.82, 2.24) is 0 Å². The highest BCUT2D eigenvalue weighted by Gasteiger charge is 2.46. The number of carbonyl (C=O) groups is 4. The summed E-state index contributed by atoms with van der Waals surface area (Å²) in [6, 6.07) is 5.71. The van der Waals surface area contributed by atoms with E-state index in [1.165, 1.54) is 0 Å². The molecule has 0 spiro atoms. The second kappa shape index (κ2) is 10.1. The summed E-state index contributed by atoms with van der Waals surface area (Å²) in [4.78, 5) is 43.4. The Kier molecular flexibility index (Phi) is 8.55. The van der Waals surface area contributed by atoms with Gasteiger partial charge in [0.2, 0.25) is 0 Å². The summed E-state index contributed by atoms with van der Waals surface area (Å²) < 4.78 is 5.22. The Bertz CT molecular complexity index is 698. The molecule has 0 amide bonds. The lowest BCUT2D eigenvalue weighted by Crippen LogP contribution is -2.54. The van der Waals surface area contributed by atoms with E-state index in [2.05, 4.69) is 0 Å². The van der Waals surface area contributed by atoms with Crippen molar-refractivity contribution in [1.29, 1.82) is 0 Å². The predicted octanol–water partition coefficient (Wildman–Crippen LogP) is 1.17. The zero-order valence-corrected chi connectivity index (χ0v) is 15.5. The first-order valence-corrected chi connectivity index (χ1v) is 8.68. The van der Waals surface area contributed by atoms with Crippen LogP contribution in [-0.2, 0) is 29.5 Å². The minimum atomic E-state index is -1.33. The number of carboxylic acids is 1. The highest BCUT2D eigenvalue weighted by atomic mass is 35.5. The number of carbonyl (C=O) groups excluding carboxylic acids is 3. The van der Waals surface area contributed by atoms with E-state index >= 15 is 0 Å². The Morgan fingerprint density at radius 1 is 1.37 bits per heavy atom. The summed E-state index contributed by atoms with van der Waals surface area (Å²) in [5.41, 5.74) is 11.1. The lowest BCUT2D eigenvalue weighted by molar-refractivity contribution is -0.161. The number of ketones is 1. The van der Waals surface area contributed by atoms with E-state index in [1.54, 1.807) is 24.3 Å². The lowest BCUT2D eigenvalue weighted by Gasteiger charge is -2.37. The van der Waals surface area contributed by atoms with Gasteiger partial charge in [0.25, 0.3) is 0 Å². The third kappa shape index (κ3) is 5.59. The normalized spacial score (nSPS) is 22.9. The fraction of sp³-hybridized carbons (Fsp3) is 0.444. The molecule has 1 saturated carbocycles. The highest BCUT2D eigenvalue weighted by Crippen LogP contribution is 2.36. The largest absolute Gasteiger partial charge is 0.481 e. The molecule has 1 aliphatic carbocycles. The molecule has 2 rings (SSSR count). The van der Waals surface area contributed by atoms with E-state index in [9.17, 15) is 14.4 Å². The smallest absolute Gasteiger partial charge is 0.323 e. The van der Waals surface area contributed by atoms with Gasteiger partial charge >= 0.3 is 11.9 Å². The van der Waals surface area contributed by atoms with E-state index in [0.29, 0.717) is 29.8 Å². The molecule has 27 heavy (non-hydrogen) atoms. The summed E-state index contributed by atoms with van der Waals surface area (Å²) in [5, 5.41) is 9.02. The van der Waals surface area contributed by atoms with Crippen LogP contribution in [0, 0.1) is 0 Å². The van der Waals surface area contributed by atoms with Crippen molar-refractivity contribution < 1.29 is 29.0 Å². The summed E-state index contributed by atoms with van der Waals surface area (Å²) in [6.07, 6.45) is -0.00865. The van der Waals surface area contributed by atoms with Crippen LogP contribution < -0.4 is 11.5 Å². The van der Waals surface area contributed by atoms with Crippen LogP contribution in [0.3, 0.4) is 0 Å². The number of benzene rings is 1. The Morgan fingerprint density at radius 3 is 2.59 bits per heavy atom. The van der Waals surface area contributed by atoms with Gasteiger partial charge in [0.15, 0.2) is 11.9 Å². The van der Waals surface area contributed by atoms with Crippen LogP contribution in [0.15, 0.2) is 24.3 Å². The lowest BCUT2D eigenvalue weighted by atomic mass is 9.75. The minimum Gasteiger partial charge on any atom is -0.481 e. The molecular weight excluding hydrogens is 376 g/mol. The SMILES string of the molecule is C=O.N[C@@H](CCC(=O)O)C(=O)O[C@@H]1CCC[C@@](N)(c2ccccc2Cl)C1=O. The molecule has 3 atom stereocenters. The third-order valence-corrected chi connectivity index (χ3v) is 4.68. The maximum Gasteiger partial charge on any atom is 0.323 e. The number of esters is 1. The maximum atomic E-state index is 12.8. The summed E-state index contributed by atoms with van der Waals surface area (Å²) in [6.45, 7) is 2.00. The van der Waals surface area contributed by atoms with Crippen LogP contribution in [-0.4, -0.2) is 41.8 Å². The van der Waals surface area contributed by atoms with Gasteiger partial charge in [-0.25, -0.2) is 0 Å². The molecular formula is C18H23ClN2O6. The first-order chi connectivity index (χ1) is 12.8. The average molecular weight is 399 g/mol. The van der Waals surface area contributed by atoms with E-state index in [-0.39, 0.29) is 12.8 Å². The molecule has 0 aromatic heterocycles. The predicted molar refractivity (Wildman–Crippen MR) is 98.0 cm³/mol. The molecule has 148 valence electrons. The number of Topliss-reactive ketones (excluding diaryl/α,β-unsaturated/α-hetero) is 1. The molecule has 0 unspecified atom stereocenters. The van der Waals surface area contributed by atoms with E-state index in [1.807, 2.05) is 6.79 Å². The first kappa shape index (κ1) is 22.8. The number of rotatable bonds is 6. The molecule has 1 aromatic carbocycles. The van der Waals surface area contributed by atoms with Crippen LogP contribution in [0.25, 0.3) is 0 Å². The number of hydrogen-bond donors (Lipinski definition) is 3. The fourth-order valence-corrected chi connectivity index (χ4v) is 3.24. The van der Waals surface area contributed by atoms with Crippen LogP contribution in [0.2, 0.25) is 5.02 Å². The summed E-state index contributed by atoms with van der Waals surface area (Å²) >= 11 is 6.17. The molecule has 0 aliphatic heterocycles. The molecule has 1 aliphatic rings. The fourth-order valence-electron chi connectivity index (χ4n) is 2.94. The van der Waals surface area contributed by atoms with Crippen molar-refractivity contribution in [2.45, 2.75) is 49.8 Å². The molecule has 0 saturated heterocycles. The van der Waals surface area contributed by atoms with Crippen molar-refractivity contribution in [2.24, 2.45) is 11.5 Å². The Labute approximate surface area is 161 Å². The topological polar surface area (TPSA) is 150 Å². The monoisotopic (exact) mass is 398 g/mol. The quantitative estimate of drug-likeness (QED) is 0.604. The zero-order valence-electron chi connectivity index (χ0n) is 14.7. The number of halogens is 1. The molecule has 9 heteroatoms. The first-order valence-electron chi connectivity index (χ1n) is 8.30. The van der Waals surface area contributed by atoms with Gasteiger partial charge in [-0.1, -0.05) is 29.8 Å². The van der Waals surface area contributed by atoms with E-state index in [4.69, 9.17) is 37.7 Å². The number of ether oxygens (including phenoxy) is 1. The van der Waals surface area contributed by atoms with Gasteiger partial charge in [-0.05, 0) is 37.3 Å². The van der Waals surface area contributed by atoms with Crippen LogP contribution in [0.5, 0.6) is 0 Å². The van der Waals surface area contributed by atoms with Crippen LogP contribution >= 0.6 is 11.6 Å². The van der Waals surface area contributed by atoms with Crippen molar-refractivity contribution in [3.05, 3.63) is 34.9 Å². The maximum absolute atomic E-state index is 12.8. The van der Waals surface area contributed by atoms with Crippen molar-refractivity contribution in [3.63, 3.8) is 0 Å². The Morgan fingerprint density at radius 2 is 2.00 bits per heavy atom. The van der Waals surface area contributed by atoms with Gasteiger partial charge in [0.1, 0.15) is 18.4 Å². The Hall–Kier alpha value is -2.29. The van der Waals surface area contributed by atoms with Crippen LogP contribution in [0.4, 0.5) is 0 Å². The Balaban J connectivity index is 0.00000176. The van der Waals surface area contributed by atoms with Gasteiger partial charge in [0, 0.05) is 11.4 Å². The molecule has 1 aromatic rings. The zero-order chi connectivity index (χ0) is 20.6. The van der Waals surface area contributed by atoms with E-state index < -0.39 is 35.4 Å². The molecule has 0 radical (unpaired) electrons. The van der Waals surface area contributed by atoms with Crippen molar-refractivity contribution in [3.8, 4) is 0 Å². The number of aliphatic carboxylic acids is 1. The van der Waals surface area contributed by atoms with Gasteiger partial charge in [0.05, 0.1) is 0 Å². The summed E-state index contributed by atoms with van der Waals surface area (Å²) in [5.74, 6) is -2.29. The number of carboxylic acid groups (broad SMARTS) is 1. The van der Waals surface area contributed by atoms with Gasteiger partial charge < -0.3 is 26.1 Å². The van der Waals surface area contributed by atoms with Gasteiger partial charge in [-0.3, -0.25) is 14.4 Å². The molecule has 8 nitrogen and oxygen atoms in total. The van der Waals surface area contributed by atoms with Gasteiger partial charge in [-0.2, -0.15) is 0 Å². The second-order valence-corrected chi connectivity index (χ2v) is 6.58. The van der Waals surface area contributed by atoms with Crippen molar-refractivity contribution in [2.75, 3.05) is 0 Å². The number of hydrogen-bond acceptors (Lipinski definition) is 7. The third-order valence-electron chi connectivity index (χ3n) is 4.35. The van der Waals surface area contributed by atoms with Crippen LogP contribution in [0.1, 0.15) is 37.7 Å². The standard InChI is InChI=1S/C17H21ClN2O5.CH2O/c18-11-5-2-1-4-10(11)17(20)9-3-6-13(15(17)23)25-16(24)12(19)7-8-14(21)22;1-2/h1-2,4-5,12-13H,3,6-9,19-20H2,(H,21,22);1H2/t12-,13+,17+;/m0./s1. The second-order valence-electron chi connectivity index (χ2n) is 6.17. The number of nitrogens with two attached hydrogens (primary N) is 2. The van der Waals surface area contributed by atoms with Gasteiger partial charge in [-0.15, -0.1) is 0 Å². The molecule has 0 bridgehead atoms.